The van der Waals surface area contributed by atoms with Crippen LogP contribution in [0.3, 0.4) is 0 Å². The molecule has 0 aliphatic heterocycles. The minimum atomic E-state index is 1.29. The summed E-state index contributed by atoms with van der Waals surface area (Å²) in [5.41, 5.74) is 0. The predicted molar refractivity (Wildman–Crippen MR) is 95.3 cm³/mol. The molecule has 0 aliphatic rings. The Kier molecular flexibility index (Phi) is 7.67. The summed E-state index contributed by atoms with van der Waals surface area (Å²) in [7, 11) is 0. The molecule has 2 heterocycles. The van der Waals surface area contributed by atoms with E-state index < -0.39 is 0 Å². The van der Waals surface area contributed by atoms with Crippen LogP contribution in [0.2, 0.25) is 0 Å². The minimum Gasteiger partial charge on any atom is -0.150 e. The zero-order valence-corrected chi connectivity index (χ0v) is 14.5. The maximum absolute atomic E-state index is 2.39. The molecule has 0 radical (unpaired) electrons. The first-order valence-corrected chi connectivity index (χ1v) is 10.1. The molecule has 0 nitrogen and oxygen atoms in total. The molecule has 0 aliphatic carbocycles. The van der Waals surface area contributed by atoms with Gasteiger partial charge in [0, 0.05) is 20.3 Å². The lowest BCUT2D eigenvalue weighted by molar-refractivity contribution is 0.557. The molecule has 2 aromatic heterocycles. The molecule has 0 unspecified atom stereocenters. The average molecular weight is 309 g/mol. The van der Waals surface area contributed by atoms with E-state index in [4.69, 9.17) is 0 Å². The van der Waals surface area contributed by atoms with Gasteiger partial charge in [0.15, 0.2) is 0 Å². The highest BCUT2D eigenvalue weighted by atomic mass is 32.1. The van der Waals surface area contributed by atoms with Gasteiger partial charge in [-0.25, -0.2) is 0 Å². The molecule has 2 heteroatoms. The molecule has 0 spiro atoms. The van der Waals surface area contributed by atoms with Crippen molar-refractivity contribution in [3.8, 4) is 0 Å². The molecular weight excluding hydrogens is 280 g/mol. The fourth-order valence-corrected chi connectivity index (χ4v) is 4.79. The molecule has 0 amide bonds. The second-order valence-corrected chi connectivity index (χ2v) is 7.75. The highest BCUT2D eigenvalue weighted by molar-refractivity contribution is 7.22. The number of aryl methyl sites for hydroxylation is 1. The van der Waals surface area contributed by atoms with Gasteiger partial charge in [-0.3, -0.25) is 0 Å². The maximum Gasteiger partial charge on any atom is 0.0452 e. The van der Waals surface area contributed by atoms with Crippen molar-refractivity contribution in [2.75, 3.05) is 0 Å². The molecule has 0 atom stereocenters. The van der Waals surface area contributed by atoms with Crippen LogP contribution in [0.1, 0.15) is 76.0 Å². The van der Waals surface area contributed by atoms with Crippen LogP contribution in [0.25, 0.3) is 10.1 Å². The topological polar surface area (TPSA) is 0 Å². The first kappa shape index (κ1) is 16.0. The van der Waals surface area contributed by atoms with E-state index in [2.05, 4.69) is 23.8 Å². The second kappa shape index (κ2) is 9.57. The maximum atomic E-state index is 2.39. The molecule has 0 bridgehead atoms. The zero-order chi connectivity index (χ0) is 14.0. The van der Waals surface area contributed by atoms with Crippen molar-refractivity contribution in [1.29, 1.82) is 0 Å². The van der Waals surface area contributed by atoms with Crippen LogP contribution in [0.15, 0.2) is 16.8 Å². The Morgan fingerprint density at radius 2 is 1.45 bits per heavy atom. The van der Waals surface area contributed by atoms with Crippen molar-refractivity contribution in [3.05, 3.63) is 21.7 Å². The molecule has 0 saturated carbocycles. The lowest BCUT2D eigenvalue weighted by Crippen LogP contribution is -1.84. The highest BCUT2D eigenvalue weighted by Crippen LogP contribution is 2.29. The van der Waals surface area contributed by atoms with E-state index in [1.165, 1.54) is 80.7 Å². The van der Waals surface area contributed by atoms with Gasteiger partial charge in [0.1, 0.15) is 0 Å². The smallest absolute Gasteiger partial charge is 0.0452 e. The number of unbranched alkanes of at least 4 members (excludes halogenated alkanes) is 9. The van der Waals surface area contributed by atoms with E-state index >= 15 is 0 Å². The summed E-state index contributed by atoms with van der Waals surface area (Å²) in [6, 6.07) is 2.39. The number of rotatable bonds is 11. The van der Waals surface area contributed by atoms with E-state index in [-0.39, 0.29) is 0 Å². The predicted octanol–water partition coefficient (Wildman–Crippen LogP) is 7.43. The Labute approximate surface area is 132 Å². The van der Waals surface area contributed by atoms with Crippen molar-refractivity contribution in [3.63, 3.8) is 0 Å². The van der Waals surface area contributed by atoms with Crippen molar-refractivity contribution < 1.29 is 0 Å². The van der Waals surface area contributed by atoms with Gasteiger partial charge in [-0.2, -0.15) is 11.3 Å². The third kappa shape index (κ3) is 5.57. The van der Waals surface area contributed by atoms with Gasteiger partial charge in [-0.15, -0.1) is 11.3 Å². The summed E-state index contributed by atoms with van der Waals surface area (Å²) in [4.78, 5) is 1.59. The molecule has 0 saturated heterocycles. The summed E-state index contributed by atoms with van der Waals surface area (Å²) in [5, 5.41) is 6.01. The minimum absolute atomic E-state index is 1.29. The normalized spacial score (nSPS) is 11.4. The number of fused-ring (bicyclic) bond motifs is 1. The molecule has 20 heavy (non-hydrogen) atoms. The standard InChI is InChI=1S/C18H28S2/c1-2-3-4-5-6-7-8-9-10-11-12-17-13-16-14-19-15-18(16)20-17/h13-15H,2-12H2,1H3. The van der Waals surface area contributed by atoms with E-state index in [1.54, 1.807) is 4.88 Å². The Bertz CT molecular complexity index is 438. The zero-order valence-electron chi connectivity index (χ0n) is 12.8. The average Bonchev–Trinajstić information content (AvgIpc) is 3.02. The van der Waals surface area contributed by atoms with Gasteiger partial charge in [0.25, 0.3) is 0 Å². The Hall–Kier alpha value is -0.340. The molecule has 112 valence electrons. The number of hydrogen-bond donors (Lipinski definition) is 0. The van der Waals surface area contributed by atoms with Crippen molar-refractivity contribution in [1.82, 2.24) is 0 Å². The van der Waals surface area contributed by atoms with Crippen LogP contribution in [0.5, 0.6) is 0 Å². The fourth-order valence-electron chi connectivity index (χ4n) is 2.74. The Balaban J connectivity index is 1.45. The lowest BCUT2D eigenvalue weighted by Gasteiger charge is -2.01. The molecule has 2 rings (SSSR count). The van der Waals surface area contributed by atoms with E-state index in [9.17, 15) is 0 Å². The van der Waals surface area contributed by atoms with Gasteiger partial charge < -0.3 is 0 Å². The molecule has 2 aromatic rings. The van der Waals surface area contributed by atoms with Crippen LogP contribution in [0.4, 0.5) is 0 Å². The van der Waals surface area contributed by atoms with Gasteiger partial charge in [0.2, 0.25) is 0 Å². The second-order valence-electron chi connectivity index (χ2n) is 5.84. The SMILES string of the molecule is CCCCCCCCCCCCc1cc2cscc2s1. The van der Waals surface area contributed by atoms with Crippen LogP contribution < -0.4 is 0 Å². The van der Waals surface area contributed by atoms with Crippen molar-refractivity contribution in [2.45, 2.75) is 77.6 Å². The largest absolute Gasteiger partial charge is 0.150 e. The van der Waals surface area contributed by atoms with Crippen LogP contribution in [-0.4, -0.2) is 0 Å². The Morgan fingerprint density at radius 1 is 0.800 bits per heavy atom. The summed E-state index contributed by atoms with van der Waals surface area (Å²) < 4.78 is 1.48. The van der Waals surface area contributed by atoms with E-state index in [0.29, 0.717) is 0 Å². The number of hydrogen-bond acceptors (Lipinski definition) is 2. The van der Waals surface area contributed by atoms with Gasteiger partial charge in [-0.1, -0.05) is 64.7 Å². The first-order chi connectivity index (χ1) is 9.90. The van der Waals surface area contributed by atoms with Crippen molar-refractivity contribution in [2.24, 2.45) is 0 Å². The van der Waals surface area contributed by atoms with Gasteiger partial charge in [-0.05, 0) is 24.3 Å². The summed E-state index contributed by atoms with van der Waals surface area (Å²) in [6.07, 6.45) is 15.6. The van der Waals surface area contributed by atoms with E-state index in [1.807, 2.05) is 22.7 Å². The summed E-state index contributed by atoms with van der Waals surface area (Å²) in [5.74, 6) is 0. The van der Waals surface area contributed by atoms with Gasteiger partial charge in [0.05, 0.1) is 0 Å². The molecule has 0 aromatic carbocycles. The van der Waals surface area contributed by atoms with Crippen molar-refractivity contribution >= 4 is 32.8 Å². The van der Waals surface area contributed by atoms with Gasteiger partial charge >= 0.3 is 0 Å². The quantitative estimate of drug-likeness (QED) is 0.379. The van der Waals surface area contributed by atoms with Crippen LogP contribution >= 0.6 is 22.7 Å². The summed E-state index contributed by atoms with van der Waals surface area (Å²) in [6.45, 7) is 2.29. The molecule has 0 N–H and O–H groups in total. The molecular formula is C18H28S2. The highest BCUT2D eigenvalue weighted by Gasteiger charge is 2.02. The number of thiophene rings is 2. The van der Waals surface area contributed by atoms with Crippen LogP contribution in [0, 0.1) is 0 Å². The van der Waals surface area contributed by atoms with Crippen LogP contribution in [-0.2, 0) is 6.42 Å². The Morgan fingerprint density at radius 3 is 2.10 bits per heavy atom. The third-order valence-corrected chi connectivity index (χ3v) is 6.06. The third-order valence-electron chi connectivity index (χ3n) is 3.99. The fraction of sp³-hybridized carbons (Fsp3) is 0.667. The summed E-state index contributed by atoms with van der Waals surface area (Å²) >= 11 is 3.82. The first-order valence-electron chi connectivity index (χ1n) is 8.35. The lowest BCUT2D eigenvalue weighted by atomic mass is 10.1. The van der Waals surface area contributed by atoms with E-state index in [0.717, 1.165) is 0 Å². The molecule has 0 fully saturated rings. The monoisotopic (exact) mass is 308 g/mol.